The molecule has 4 N–H and O–H groups in total. The number of hydrazine groups is 1. The molecule has 0 fully saturated rings. The Balaban J connectivity index is -0.00000000167. The molecule has 0 aliphatic rings. The van der Waals surface area contributed by atoms with Gasteiger partial charge in [-0.25, -0.2) is 0 Å². The third-order valence-corrected chi connectivity index (χ3v) is 0. The summed E-state index contributed by atoms with van der Waals surface area (Å²) in [7, 11) is 0. The number of halogens is 1. The zero-order valence-corrected chi connectivity index (χ0v) is 3.38. The Morgan fingerprint density at radius 2 is 1.25 bits per heavy atom. The fourth-order valence-corrected chi connectivity index (χ4v) is 0. The minimum absolute atomic E-state index is 0. The minimum Gasteiger partial charge on any atom is -1.00 e. The van der Waals surface area contributed by atoms with E-state index in [2.05, 4.69) is 11.7 Å². The molecule has 0 aromatic rings. The Morgan fingerprint density at radius 1 is 1.25 bits per heavy atom. The van der Waals surface area contributed by atoms with Gasteiger partial charge in [-0.1, -0.05) is 0 Å². The molecule has 0 aliphatic heterocycles. The molecule has 0 unspecified atom stereocenters. The fourth-order valence-electron chi connectivity index (χ4n) is 0. The Hall–Kier alpha value is 0.807. The van der Waals surface area contributed by atoms with E-state index in [1.165, 1.54) is 0 Å². The van der Waals surface area contributed by atoms with Crippen molar-refractivity contribution in [3.63, 3.8) is 0 Å². The van der Waals surface area contributed by atoms with E-state index in [0.717, 1.165) is 0 Å². The second kappa shape index (κ2) is 46.0. The zero-order chi connectivity index (χ0) is 2.00. The maximum Gasteiger partial charge on any atom is 1.00 e. The summed E-state index contributed by atoms with van der Waals surface area (Å²) in [6.45, 7) is 0. The SMILES string of the molecule is Cl.NN.[H-].[Li+]. The maximum absolute atomic E-state index is 4.00. The average molecular weight is 76.5 g/mol. The van der Waals surface area contributed by atoms with Crippen LogP contribution in [0.2, 0.25) is 0 Å². The van der Waals surface area contributed by atoms with Gasteiger partial charge in [-0.15, -0.1) is 12.4 Å². The van der Waals surface area contributed by atoms with Crippen molar-refractivity contribution in [2.45, 2.75) is 0 Å². The molecular formula is H6ClLiN2. The standard InChI is InChI=1S/ClH.Li.H4N2.H/c;;1-2;/h1H;;1-2H2;/q;+1;;-1. The number of hydrogen-bond donors (Lipinski definition) is 2. The second-order valence-corrected chi connectivity index (χ2v) is 0. The van der Waals surface area contributed by atoms with Crippen molar-refractivity contribution in [1.82, 2.24) is 0 Å². The number of nitrogens with two attached hydrogens (primary N) is 2. The van der Waals surface area contributed by atoms with Crippen LogP contribution in [0.25, 0.3) is 0 Å². The summed E-state index contributed by atoms with van der Waals surface area (Å²) in [6, 6.07) is 0. The van der Waals surface area contributed by atoms with Crippen molar-refractivity contribution in [1.29, 1.82) is 0 Å². The monoisotopic (exact) mass is 76.0 g/mol. The zero-order valence-electron chi connectivity index (χ0n) is 3.56. The molecule has 4 heteroatoms. The van der Waals surface area contributed by atoms with Crippen molar-refractivity contribution < 1.29 is 20.3 Å². The summed E-state index contributed by atoms with van der Waals surface area (Å²) in [4.78, 5) is 0. The quantitative estimate of drug-likeness (QED) is 0.178. The molecule has 2 nitrogen and oxygen atoms in total. The fraction of sp³-hybridized carbons (Fsp3) is 0. The Labute approximate surface area is 45.0 Å². The molecule has 0 heterocycles. The largest absolute Gasteiger partial charge is 1.00 e. The summed E-state index contributed by atoms with van der Waals surface area (Å²) in [5.74, 6) is 8.00. The molecule has 0 spiro atoms. The molecule has 0 rings (SSSR count). The van der Waals surface area contributed by atoms with Crippen LogP contribution in [0.1, 0.15) is 1.43 Å². The first kappa shape index (κ1) is 21.3. The summed E-state index contributed by atoms with van der Waals surface area (Å²) < 4.78 is 0. The topological polar surface area (TPSA) is 52.0 Å². The van der Waals surface area contributed by atoms with Crippen molar-refractivity contribution in [2.24, 2.45) is 11.7 Å². The summed E-state index contributed by atoms with van der Waals surface area (Å²) in [5.41, 5.74) is 0. The molecule has 0 atom stereocenters. The number of rotatable bonds is 0. The minimum atomic E-state index is 0. The van der Waals surface area contributed by atoms with Crippen molar-refractivity contribution in [2.75, 3.05) is 0 Å². The Kier molecular flexibility index (Phi) is 246. The van der Waals surface area contributed by atoms with E-state index in [-0.39, 0.29) is 32.7 Å². The van der Waals surface area contributed by atoms with E-state index in [9.17, 15) is 0 Å². The summed E-state index contributed by atoms with van der Waals surface area (Å²) in [5, 5.41) is 0. The van der Waals surface area contributed by atoms with Crippen LogP contribution in [-0.4, -0.2) is 0 Å². The first-order valence-corrected chi connectivity index (χ1v) is 0.333. The van der Waals surface area contributed by atoms with E-state index >= 15 is 0 Å². The molecule has 0 radical (unpaired) electrons. The molecule has 24 valence electrons. The van der Waals surface area contributed by atoms with Gasteiger partial charge in [-0.05, 0) is 0 Å². The van der Waals surface area contributed by atoms with Crippen molar-refractivity contribution in [3.8, 4) is 0 Å². The van der Waals surface area contributed by atoms with Gasteiger partial charge >= 0.3 is 18.9 Å². The van der Waals surface area contributed by atoms with Gasteiger partial charge < -0.3 is 1.43 Å². The molecule has 0 saturated carbocycles. The van der Waals surface area contributed by atoms with E-state index in [0.29, 0.717) is 0 Å². The first-order valence-electron chi connectivity index (χ1n) is 0.333. The van der Waals surface area contributed by atoms with Crippen LogP contribution in [0.15, 0.2) is 0 Å². The van der Waals surface area contributed by atoms with Crippen LogP contribution in [0.4, 0.5) is 0 Å². The van der Waals surface area contributed by atoms with Crippen LogP contribution in [0, 0.1) is 0 Å². The normalized spacial score (nSPS) is 1.50. The van der Waals surface area contributed by atoms with Gasteiger partial charge in [-0.2, -0.15) is 0 Å². The third-order valence-electron chi connectivity index (χ3n) is 0. The van der Waals surface area contributed by atoms with Gasteiger partial charge in [-0.3, -0.25) is 11.7 Å². The Bertz CT molecular complexity index is 9.61. The maximum atomic E-state index is 4.00. The summed E-state index contributed by atoms with van der Waals surface area (Å²) in [6.07, 6.45) is 0. The van der Waals surface area contributed by atoms with Crippen molar-refractivity contribution >= 4 is 12.4 Å². The molecular weight excluding hydrogens is 70.4 g/mol. The Morgan fingerprint density at radius 3 is 1.25 bits per heavy atom. The molecule has 0 aliphatic carbocycles. The van der Waals surface area contributed by atoms with Gasteiger partial charge in [0.1, 0.15) is 0 Å². The van der Waals surface area contributed by atoms with E-state index in [1.54, 1.807) is 0 Å². The van der Waals surface area contributed by atoms with Gasteiger partial charge in [0.15, 0.2) is 0 Å². The van der Waals surface area contributed by atoms with Crippen LogP contribution in [0.5, 0.6) is 0 Å². The first-order chi connectivity index (χ1) is 1.00. The molecule has 0 bridgehead atoms. The number of hydrogen-bond acceptors (Lipinski definition) is 2. The summed E-state index contributed by atoms with van der Waals surface area (Å²) >= 11 is 0. The average Bonchev–Trinajstić information content (AvgIpc) is 1.00. The van der Waals surface area contributed by atoms with E-state index in [4.69, 9.17) is 0 Å². The van der Waals surface area contributed by atoms with E-state index in [1.807, 2.05) is 0 Å². The van der Waals surface area contributed by atoms with E-state index < -0.39 is 0 Å². The van der Waals surface area contributed by atoms with Crippen molar-refractivity contribution in [3.05, 3.63) is 0 Å². The van der Waals surface area contributed by atoms with Gasteiger partial charge in [0, 0.05) is 0 Å². The second-order valence-electron chi connectivity index (χ2n) is 0. The van der Waals surface area contributed by atoms with Crippen LogP contribution >= 0.6 is 12.4 Å². The van der Waals surface area contributed by atoms with Crippen LogP contribution in [0.3, 0.4) is 0 Å². The van der Waals surface area contributed by atoms with Crippen LogP contribution in [-0.2, 0) is 0 Å². The van der Waals surface area contributed by atoms with Gasteiger partial charge in [0.05, 0.1) is 0 Å². The smallest absolute Gasteiger partial charge is 1.00 e. The van der Waals surface area contributed by atoms with Crippen LogP contribution < -0.4 is 30.5 Å². The predicted molar refractivity (Wildman–Crippen MR) is 16.7 cm³/mol. The van der Waals surface area contributed by atoms with Gasteiger partial charge in [0.25, 0.3) is 0 Å². The molecule has 0 saturated heterocycles. The molecule has 0 aromatic heterocycles. The predicted octanol–water partition coefficient (Wildman–Crippen LogP) is -3.64. The molecule has 0 aromatic carbocycles. The third kappa shape index (κ3) is 14.1. The molecule has 4 heavy (non-hydrogen) atoms. The molecule has 0 amide bonds. The van der Waals surface area contributed by atoms with Gasteiger partial charge in [0.2, 0.25) is 0 Å².